The third-order valence-electron chi connectivity index (χ3n) is 3.26. The maximum atomic E-state index is 11.9. The summed E-state index contributed by atoms with van der Waals surface area (Å²) in [5.74, 6) is -0.342. The fraction of sp³-hybridized carbons (Fsp3) is 0.500. The molecular formula is C16H20O4. The molecule has 0 radical (unpaired) electrons. The Bertz CT molecular complexity index is 510. The van der Waals surface area contributed by atoms with E-state index in [0.29, 0.717) is 5.56 Å². The number of benzene rings is 1. The van der Waals surface area contributed by atoms with Crippen molar-refractivity contribution in [3.05, 3.63) is 35.4 Å². The highest BCUT2D eigenvalue weighted by Gasteiger charge is 2.46. The van der Waals surface area contributed by atoms with Crippen LogP contribution >= 0.6 is 0 Å². The van der Waals surface area contributed by atoms with Crippen molar-refractivity contribution < 1.29 is 19.1 Å². The van der Waals surface area contributed by atoms with Gasteiger partial charge in [0.25, 0.3) is 0 Å². The lowest BCUT2D eigenvalue weighted by atomic mass is 10.1. The van der Waals surface area contributed by atoms with Gasteiger partial charge in [0.1, 0.15) is 5.60 Å². The number of rotatable bonds is 3. The molecule has 0 heterocycles. The molecule has 1 aromatic rings. The molecule has 0 spiro atoms. The Morgan fingerprint density at radius 2 is 1.75 bits per heavy atom. The summed E-state index contributed by atoms with van der Waals surface area (Å²) in [5, 5.41) is 0. The summed E-state index contributed by atoms with van der Waals surface area (Å²) in [6.07, 6.45) is 0.812. The molecule has 108 valence electrons. The largest absolute Gasteiger partial charge is 0.465 e. The number of ether oxygens (including phenoxy) is 2. The van der Waals surface area contributed by atoms with E-state index in [1.54, 1.807) is 12.1 Å². The highest BCUT2D eigenvalue weighted by atomic mass is 16.6. The topological polar surface area (TPSA) is 52.6 Å². The van der Waals surface area contributed by atoms with Gasteiger partial charge in [-0.05, 0) is 50.8 Å². The van der Waals surface area contributed by atoms with Crippen molar-refractivity contribution >= 4 is 11.9 Å². The average molecular weight is 276 g/mol. The second-order valence-electron chi connectivity index (χ2n) is 6.10. The Labute approximate surface area is 119 Å². The molecule has 0 aliphatic heterocycles. The van der Waals surface area contributed by atoms with Gasteiger partial charge in [0, 0.05) is 0 Å². The van der Waals surface area contributed by atoms with Crippen molar-refractivity contribution in [2.45, 2.75) is 38.7 Å². The molecule has 4 heteroatoms. The molecule has 2 rings (SSSR count). The van der Waals surface area contributed by atoms with E-state index in [2.05, 4.69) is 4.74 Å². The molecule has 0 N–H and O–H groups in total. The normalized spacial score (nSPS) is 21.2. The van der Waals surface area contributed by atoms with Crippen molar-refractivity contribution in [2.24, 2.45) is 5.92 Å². The Balaban J connectivity index is 1.98. The predicted molar refractivity (Wildman–Crippen MR) is 74.5 cm³/mol. The lowest BCUT2D eigenvalue weighted by Crippen LogP contribution is -2.25. The summed E-state index contributed by atoms with van der Waals surface area (Å²) in [7, 11) is 1.36. The molecule has 20 heavy (non-hydrogen) atoms. The highest BCUT2D eigenvalue weighted by Crippen LogP contribution is 2.48. The second kappa shape index (κ2) is 5.27. The van der Waals surface area contributed by atoms with E-state index in [4.69, 9.17) is 4.74 Å². The molecule has 4 nitrogen and oxygen atoms in total. The van der Waals surface area contributed by atoms with Gasteiger partial charge < -0.3 is 9.47 Å². The van der Waals surface area contributed by atoms with Gasteiger partial charge in [-0.15, -0.1) is 0 Å². The third kappa shape index (κ3) is 3.38. The van der Waals surface area contributed by atoms with E-state index in [1.165, 1.54) is 7.11 Å². The van der Waals surface area contributed by atoms with E-state index in [9.17, 15) is 9.59 Å². The quantitative estimate of drug-likeness (QED) is 0.796. The minimum absolute atomic E-state index is 0.0572. The maximum absolute atomic E-state index is 11.9. The summed E-state index contributed by atoms with van der Waals surface area (Å²) in [5.41, 5.74) is 1.14. The maximum Gasteiger partial charge on any atom is 0.337 e. The van der Waals surface area contributed by atoms with Gasteiger partial charge >= 0.3 is 11.9 Å². The number of carbonyl (C=O) groups excluding carboxylic acids is 2. The van der Waals surface area contributed by atoms with Gasteiger partial charge in [-0.2, -0.15) is 0 Å². The Hall–Kier alpha value is -1.84. The van der Waals surface area contributed by atoms with E-state index >= 15 is 0 Å². The number of esters is 2. The van der Waals surface area contributed by atoms with Crippen LogP contribution in [0.4, 0.5) is 0 Å². The first-order valence-corrected chi connectivity index (χ1v) is 6.73. The van der Waals surface area contributed by atoms with Gasteiger partial charge in [-0.3, -0.25) is 4.79 Å². The van der Waals surface area contributed by atoms with Crippen molar-refractivity contribution in [1.82, 2.24) is 0 Å². The summed E-state index contributed by atoms with van der Waals surface area (Å²) in [4.78, 5) is 23.3. The predicted octanol–water partition coefficient (Wildman–Crippen LogP) is 2.92. The molecule has 0 bridgehead atoms. The van der Waals surface area contributed by atoms with Crippen molar-refractivity contribution in [2.75, 3.05) is 7.11 Å². The van der Waals surface area contributed by atoms with Gasteiger partial charge in [0.05, 0.1) is 18.6 Å². The third-order valence-corrected chi connectivity index (χ3v) is 3.26. The van der Waals surface area contributed by atoms with Crippen LogP contribution in [0.15, 0.2) is 24.3 Å². The highest BCUT2D eigenvalue weighted by molar-refractivity contribution is 5.89. The van der Waals surface area contributed by atoms with E-state index in [0.717, 1.165) is 12.0 Å². The van der Waals surface area contributed by atoms with Crippen LogP contribution in [0.5, 0.6) is 0 Å². The van der Waals surface area contributed by atoms with Gasteiger partial charge in [0.15, 0.2) is 0 Å². The summed E-state index contributed by atoms with van der Waals surface area (Å²) < 4.78 is 10.0. The zero-order valence-corrected chi connectivity index (χ0v) is 12.3. The molecule has 2 atom stereocenters. The molecule has 1 saturated carbocycles. The lowest BCUT2D eigenvalue weighted by Gasteiger charge is -2.19. The Kier molecular flexibility index (Phi) is 3.84. The Morgan fingerprint density at radius 1 is 1.15 bits per heavy atom. The molecule has 0 unspecified atom stereocenters. The lowest BCUT2D eigenvalue weighted by molar-refractivity contribution is -0.156. The SMILES string of the molecule is COC(=O)c1ccc([C@H]2C[C@@H]2C(=O)OC(C)(C)C)cc1. The molecule has 1 fully saturated rings. The molecule has 0 saturated heterocycles. The summed E-state index contributed by atoms with van der Waals surface area (Å²) in [6.45, 7) is 5.61. The molecule has 0 amide bonds. The van der Waals surface area contributed by atoms with Crippen LogP contribution in [0.3, 0.4) is 0 Å². The summed E-state index contributed by atoms with van der Waals surface area (Å²) in [6, 6.07) is 7.21. The first-order valence-electron chi connectivity index (χ1n) is 6.73. The minimum Gasteiger partial charge on any atom is -0.465 e. The first kappa shape index (κ1) is 14.6. The number of hydrogen-bond donors (Lipinski definition) is 0. The molecule has 1 aromatic carbocycles. The zero-order valence-electron chi connectivity index (χ0n) is 12.3. The zero-order chi connectivity index (χ0) is 14.9. The van der Waals surface area contributed by atoms with Gasteiger partial charge in [0.2, 0.25) is 0 Å². The average Bonchev–Trinajstić information content (AvgIpc) is 3.16. The molecule has 1 aliphatic rings. The summed E-state index contributed by atoms with van der Waals surface area (Å²) >= 11 is 0. The van der Waals surface area contributed by atoms with Crippen molar-refractivity contribution in [3.63, 3.8) is 0 Å². The van der Waals surface area contributed by atoms with Crippen LogP contribution < -0.4 is 0 Å². The van der Waals surface area contributed by atoms with Gasteiger partial charge in [-0.25, -0.2) is 4.79 Å². The second-order valence-corrected chi connectivity index (χ2v) is 6.10. The monoisotopic (exact) mass is 276 g/mol. The van der Waals surface area contributed by atoms with E-state index in [-0.39, 0.29) is 23.8 Å². The van der Waals surface area contributed by atoms with Crippen molar-refractivity contribution in [1.29, 1.82) is 0 Å². The number of carbonyl (C=O) groups is 2. The standard InChI is InChI=1S/C16H20O4/c1-16(2,3)20-15(18)13-9-12(13)10-5-7-11(8-6-10)14(17)19-4/h5-8,12-13H,9H2,1-4H3/t12-,13+/m1/s1. The fourth-order valence-electron chi connectivity index (χ4n) is 2.19. The van der Waals surface area contributed by atoms with Crippen molar-refractivity contribution in [3.8, 4) is 0 Å². The minimum atomic E-state index is -0.445. The van der Waals surface area contributed by atoms with Gasteiger partial charge in [-0.1, -0.05) is 12.1 Å². The number of hydrogen-bond acceptors (Lipinski definition) is 4. The van der Waals surface area contributed by atoms with Crippen LogP contribution in [-0.4, -0.2) is 24.6 Å². The van der Waals surface area contributed by atoms with Crippen LogP contribution in [-0.2, 0) is 14.3 Å². The molecule has 0 aromatic heterocycles. The van der Waals surface area contributed by atoms with Crippen LogP contribution in [0.25, 0.3) is 0 Å². The first-order chi connectivity index (χ1) is 9.31. The van der Waals surface area contributed by atoms with Crippen LogP contribution in [0, 0.1) is 5.92 Å². The molecular weight excluding hydrogens is 256 g/mol. The fourth-order valence-corrected chi connectivity index (χ4v) is 2.19. The van der Waals surface area contributed by atoms with Crippen LogP contribution in [0.2, 0.25) is 0 Å². The smallest absolute Gasteiger partial charge is 0.337 e. The number of methoxy groups -OCH3 is 1. The van der Waals surface area contributed by atoms with E-state index < -0.39 is 5.60 Å². The molecule has 1 aliphatic carbocycles. The van der Waals surface area contributed by atoms with E-state index in [1.807, 2.05) is 32.9 Å². The van der Waals surface area contributed by atoms with Crippen LogP contribution in [0.1, 0.15) is 49.0 Å². The Morgan fingerprint density at radius 3 is 2.25 bits per heavy atom.